The highest BCUT2D eigenvalue weighted by molar-refractivity contribution is 5.63. The second-order valence-corrected chi connectivity index (χ2v) is 3.63. The summed E-state index contributed by atoms with van der Waals surface area (Å²) < 4.78 is 12.2. The molecule has 0 saturated heterocycles. The monoisotopic (exact) mass is 233 g/mol. The molecular formula is C11H11N3O3. The fourth-order valence-electron chi connectivity index (χ4n) is 1.80. The van der Waals surface area contributed by atoms with E-state index in [-0.39, 0.29) is 13.4 Å². The van der Waals surface area contributed by atoms with Crippen LogP contribution in [0.5, 0.6) is 11.5 Å². The Morgan fingerprint density at radius 3 is 3.06 bits per heavy atom. The van der Waals surface area contributed by atoms with E-state index in [1.54, 1.807) is 10.9 Å². The number of rotatable bonds is 3. The van der Waals surface area contributed by atoms with Crippen LogP contribution in [-0.2, 0) is 6.54 Å². The van der Waals surface area contributed by atoms with E-state index in [4.69, 9.17) is 14.6 Å². The summed E-state index contributed by atoms with van der Waals surface area (Å²) in [5.41, 5.74) is 1.78. The molecule has 1 aromatic heterocycles. The van der Waals surface area contributed by atoms with Gasteiger partial charge >= 0.3 is 0 Å². The second-order valence-electron chi connectivity index (χ2n) is 3.63. The van der Waals surface area contributed by atoms with Crippen molar-refractivity contribution in [3.63, 3.8) is 0 Å². The van der Waals surface area contributed by atoms with Gasteiger partial charge in [-0.1, -0.05) is 5.21 Å². The van der Waals surface area contributed by atoms with E-state index in [2.05, 4.69) is 10.3 Å². The van der Waals surface area contributed by atoms with Gasteiger partial charge in [-0.25, -0.2) is 4.68 Å². The van der Waals surface area contributed by atoms with Gasteiger partial charge in [0, 0.05) is 5.56 Å². The van der Waals surface area contributed by atoms with E-state index in [0.717, 1.165) is 22.8 Å². The molecule has 0 saturated carbocycles. The number of hydrogen-bond acceptors (Lipinski definition) is 5. The Labute approximate surface area is 97.4 Å². The minimum atomic E-state index is 0.0287. The van der Waals surface area contributed by atoms with Gasteiger partial charge in [0.15, 0.2) is 11.5 Å². The lowest BCUT2D eigenvalue weighted by molar-refractivity contribution is 0.174. The number of hydrogen-bond donors (Lipinski definition) is 1. The summed E-state index contributed by atoms with van der Waals surface area (Å²) in [5, 5.41) is 16.7. The molecule has 17 heavy (non-hydrogen) atoms. The predicted octanol–water partition coefficient (Wildman–Crippen LogP) is 0.666. The van der Waals surface area contributed by atoms with Gasteiger partial charge in [-0.2, -0.15) is 0 Å². The van der Waals surface area contributed by atoms with Crippen LogP contribution in [0.25, 0.3) is 11.3 Å². The van der Waals surface area contributed by atoms with Crippen molar-refractivity contribution >= 4 is 0 Å². The van der Waals surface area contributed by atoms with Crippen LogP contribution in [0.1, 0.15) is 0 Å². The molecule has 0 amide bonds. The van der Waals surface area contributed by atoms with Crippen molar-refractivity contribution in [1.82, 2.24) is 15.0 Å². The lowest BCUT2D eigenvalue weighted by Gasteiger charge is -2.05. The minimum Gasteiger partial charge on any atom is -0.454 e. The molecule has 0 unspecified atom stereocenters. The van der Waals surface area contributed by atoms with Crippen LogP contribution in [0.15, 0.2) is 24.4 Å². The number of aromatic nitrogens is 3. The van der Waals surface area contributed by atoms with Gasteiger partial charge in [0.25, 0.3) is 0 Å². The Morgan fingerprint density at radius 1 is 1.29 bits per heavy atom. The first-order valence-corrected chi connectivity index (χ1v) is 5.28. The fraction of sp³-hybridized carbons (Fsp3) is 0.273. The molecule has 0 aliphatic carbocycles. The number of aliphatic hydroxyl groups is 1. The molecular weight excluding hydrogens is 222 g/mol. The third kappa shape index (κ3) is 1.72. The number of nitrogens with zero attached hydrogens (tertiary/aromatic N) is 3. The summed E-state index contributed by atoms with van der Waals surface area (Å²) in [5.74, 6) is 1.47. The normalized spacial score (nSPS) is 13.0. The SMILES string of the molecule is OCCn1nncc1-c1ccc2c(c1)OCO2. The quantitative estimate of drug-likeness (QED) is 0.843. The molecule has 1 aliphatic heterocycles. The van der Waals surface area contributed by atoms with E-state index in [0.29, 0.717) is 6.54 Å². The Balaban J connectivity index is 2.00. The summed E-state index contributed by atoms with van der Waals surface area (Å²) in [7, 11) is 0. The molecule has 1 aliphatic rings. The summed E-state index contributed by atoms with van der Waals surface area (Å²) >= 11 is 0. The molecule has 6 heteroatoms. The Bertz CT molecular complexity index is 539. The molecule has 0 spiro atoms. The summed E-state index contributed by atoms with van der Waals surface area (Å²) in [6.45, 7) is 0.706. The van der Waals surface area contributed by atoms with Gasteiger partial charge in [-0.05, 0) is 18.2 Å². The third-order valence-corrected chi connectivity index (χ3v) is 2.60. The van der Waals surface area contributed by atoms with Crippen LogP contribution in [-0.4, -0.2) is 33.5 Å². The topological polar surface area (TPSA) is 69.4 Å². The van der Waals surface area contributed by atoms with Crippen molar-refractivity contribution in [2.24, 2.45) is 0 Å². The van der Waals surface area contributed by atoms with Crippen molar-refractivity contribution < 1.29 is 14.6 Å². The zero-order chi connectivity index (χ0) is 11.7. The molecule has 2 aromatic rings. The standard InChI is InChI=1S/C11H11N3O3/c15-4-3-14-9(6-12-13-14)8-1-2-10-11(5-8)17-7-16-10/h1-2,5-6,15H,3-4,7H2. The van der Waals surface area contributed by atoms with Crippen LogP contribution in [0.2, 0.25) is 0 Å². The third-order valence-electron chi connectivity index (χ3n) is 2.60. The molecule has 0 bridgehead atoms. The van der Waals surface area contributed by atoms with E-state index < -0.39 is 0 Å². The van der Waals surface area contributed by atoms with E-state index in [9.17, 15) is 0 Å². The lowest BCUT2D eigenvalue weighted by atomic mass is 10.1. The highest BCUT2D eigenvalue weighted by Crippen LogP contribution is 2.35. The van der Waals surface area contributed by atoms with Gasteiger partial charge in [-0.15, -0.1) is 5.10 Å². The predicted molar refractivity (Wildman–Crippen MR) is 58.7 cm³/mol. The molecule has 88 valence electrons. The molecule has 0 atom stereocenters. The first-order chi connectivity index (χ1) is 8.38. The maximum absolute atomic E-state index is 8.93. The Morgan fingerprint density at radius 2 is 2.18 bits per heavy atom. The van der Waals surface area contributed by atoms with Gasteiger partial charge in [0.2, 0.25) is 6.79 Å². The number of benzene rings is 1. The lowest BCUT2D eigenvalue weighted by Crippen LogP contribution is -2.05. The summed E-state index contributed by atoms with van der Waals surface area (Å²) in [6, 6.07) is 5.66. The van der Waals surface area contributed by atoms with Crippen molar-refractivity contribution in [2.75, 3.05) is 13.4 Å². The molecule has 1 N–H and O–H groups in total. The van der Waals surface area contributed by atoms with E-state index >= 15 is 0 Å². The Kier molecular flexibility index (Phi) is 2.41. The molecule has 2 heterocycles. The number of ether oxygens (including phenoxy) is 2. The van der Waals surface area contributed by atoms with Gasteiger partial charge in [0.1, 0.15) is 0 Å². The van der Waals surface area contributed by atoms with Gasteiger partial charge < -0.3 is 14.6 Å². The van der Waals surface area contributed by atoms with Crippen LogP contribution in [0.3, 0.4) is 0 Å². The molecule has 0 radical (unpaired) electrons. The molecule has 0 fully saturated rings. The van der Waals surface area contributed by atoms with E-state index in [1.165, 1.54) is 0 Å². The van der Waals surface area contributed by atoms with Crippen molar-refractivity contribution in [3.8, 4) is 22.8 Å². The Hall–Kier alpha value is -2.08. The maximum Gasteiger partial charge on any atom is 0.231 e. The highest BCUT2D eigenvalue weighted by atomic mass is 16.7. The molecule has 3 rings (SSSR count). The average molecular weight is 233 g/mol. The van der Waals surface area contributed by atoms with Gasteiger partial charge in [0.05, 0.1) is 25.0 Å². The number of fused-ring (bicyclic) bond motifs is 1. The zero-order valence-electron chi connectivity index (χ0n) is 9.04. The van der Waals surface area contributed by atoms with Crippen molar-refractivity contribution in [3.05, 3.63) is 24.4 Å². The largest absolute Gasteiger partial charge is 0.454 e. The van der Waals surface area contributed by atoms with Crippen molar-refractivity contribution in [2.45, 2.75) is 6.54 Å². The zero-order valence-corrected chi connectivity index (χ0v) is 9.04. The van der Waals surface area contributed by atoms with Crippen molar-refractivity contribution in [1.29, 1.82) is 0 Å². The average Bonchev–Trinajstić information content (AvgIpc) is 2.96. The second kappa shape index (κ2) is 4.06. The number of aliphatic hydroxyl groups excluding tert-OH is 1. The van der Waals surface area contributed by atoms with Crippen LogP contribution in [0.4, 0.5) is 0 Å². The smallest absolute Gasteiger partial charge is 0.231 e. The first-order valence-electron chi connectivity index (χ1n) is 5.28. The minimum absolute atomic E-state index is 0.0287. The van der Waals surface area contributed by atoms with Gasteiger partial charge in [-0.3, -0.25) is 0 Å². The molecule has 6 nitrogen and oxygen atoms in total. The molecule has 1 aromatic carbocycles. The fourth-order valence-corrected chi connectivity index (χ4v) is 1.80. The summed E-state index contributed by atoms with van der Waals surface area (Å²) in [6.07, 6.45) is 1.66. The van der Waals surface area contributed by atoms with Crippen LogP contribution < -0.4 is 9.47 Å². The highest BCUT2D eigenvalue weighted by Gasteiger charge is 2.15. The van der Waals surface area contributed by atoms with E-state index in [1.807, 2.05) is 18.2 Å². The first kappa shape index (κ1) is 10.1. The van der Waals surface area contributed by atoms with Crippen LogP contribution >= 0.6 is 0 Å². The van der Waals surface area contributed by atoms with Crippen LogP contribution in [0, 0.1) is 0 Å². The summed E-state index contributed by atoms with van der Waals surface area (Å²) in [4.78, 5) is 0. The maximum atomic E-state index is 8.93.